The van der Waals surface area contributed by atoms with Crippen LogP contribution in [0.1, 0.15) is 30.8 Å². The van der Waals surface area contributed by atoms with Crippen molar-refractivity contribution in [3.05, 3.63) is 17.8 Å². The minimum absolute atomic E-state index is 0.174. The van der Waals surface area contributed by atoms with Gasteiger partial charge in [0, 0.05) is 24.5 Å². The molecule has 2 heterocycles. The Morgan fingerprint density at radius 2 is 1.72 bits per heavy atom. The average molecular weight is 403 g/mol. The molecule has 1 aliphatic heterocycles. The highest BCUT2D eigenvalue weighted by atomic mass is 16.5. The predicted octanol–water partition coefficient (Wildman–Crippen LogP) is 2.89. The molecular formula is C21H29N3O5. The smallest absolute Gasteiger partial charge is 0.356 e. The first-order chi connectivity index (χ1) is 13.9. The number of rotatable bonds is 6. The van der Waals surface area contributed by atoms with Gasteiger partial charge in [-0.15, -0.1) is 0 Å². The number of aromatic nitrogens is 1. The summed E-state index contributed by atoms with van der Waals surface area (Å²) in [6.07, 6.45) is 1.18. The zero-order chi connectivity index (χ0) is 21.1. The third kappa shape index (κ3) is 4.48. The second-order valence-corrected chi connectivity index (χ2v) is 7.81. The van der Waals surface area contributed by atoms with Crippen molar-refractivity contribution in [2.24, 2.45) is 11.8 Å². The Labute approximate surface area is 170 Å². The molecule has 8 nitrogen and oxygen atoms in total. The predicted molar refractivity (Wildman–Crippen MR) is 111 cm³/mol. The number of piperidine rings is 1. The number of fused-ring (bicyclic) bond motifs is 1. The fourth-order valence-corrected chi connectivity index (χ4v) is 4.21. The van der Waals surface area contributed by atoms with Crippen LogP contribution in [0.4, 0.5) is 5.69 Å². The number of esters is 1. The van der Waals surface area contributed by atoms with Crippen LogP contribution in [0.2, 0.25) is 0 Å². The zero-order valence-electron chi connectivity index (χ0n) is 17.6. The highest BCUT2D eigenvalue weighted by Crippen LogP contribution is 2.37. The summed E-state index contributed by atoms with van der Waals surface area (Å²) in [6.45, 7) is 6.46. The van der Waals surface area contributed by atoms with Gasteiger partial charge in [0.05, 0.1) is 39.1 Å². The van der Waals surface area contributed by atoms with Crippen molar-refractivity contribution in [3.63, 3.8) is 0 Å². The van der Waals surface area contributed by atoms with E-state index in [4.69, 9.17) is 14.2 Å². The number of hydrogen-bond acceptors (Lipinski definition) is 6. The molecule has 0 unspecified atom stereocenters. The Morgan fingerprint density at radius 1 is 1.10 bits per heavy atom. The topological polar surface area (TPSA) is 92.9 Å². The lowest BCUT2D eigenvalue weighted by molar-refractivity contribution is -0.117. The van der Waals surface area contributed by atoms with E-state index >= 15 is 0 Å². The highest BCUT2D eigenvalue weighted by molar-refractivity contribution is 6.11. The first kappa shape index (κ1) is 21.0. The van der Waals surface area contributed by atoms with Crippen molar-refractivity contribution in [2.75, 3.05) is 46.3 Å². The Balaban J connectivity index is 1.91. The molecule has 0 aliphatic carbocycles. The molecule has 1 fully saturated rings. The monoisotopic (exact) mass is 403 g/mol. The summed E-state index contributed by atoms with van der Waals surface area (Å²) < 4.78 is 15.6. The number of ether oxygens (including phenoxy) is 3. The van der Waals surface area contributed by atoms with Crippen LogP contribution in [0.15, 0.2) is 12.1 Å². The maximum absolute atomic E-state index is 12.8. The van der Waals surface area contributed by atoms with E-state index in [9.17, 15) is 9.59 Å². The second kappa shape index (κ2) is 8.73. The van der Waals surface area contributed by atoms with Crippen molar-refractivity contribution < 1.29 is 23.8 Å². The van der Waals surface area contributed by atoms with E-state index < -0.39 is 5.97 Å². The maximum Gasteiger partial charge on any atom is 0.356 e. The van der Waals surface area contributed by atoms with Crippen molar-refractivity contribution in [1.82, 2.24) is 9.88 Å². The van der Waals surface area contributed by atoms with Crippen LogP contribution in [0.3, 0.4) is 0 Å². The van der Waals surface area contributed by atoms with Crippen LogP contribution in [0, 0.1) is 11.8 Å². The van der Waals surface area contributed by atoms with Gasteiger partial charge < -0.3 is 24.5 Å². The molecule has 1 aromatic heterocycles. The normalized spacial score (nSPS) is 19.8. The van der Waals surface area contributed by atoms with Gasteiger partial charge in [-0.2, -0.15) is 0 Å². The summed E-state index contributed by atoms with van der Waals surface area (Å²) >= 11 is 0. The molecule has 1 amide bonds. The number of anilines is 1. The summed E-state index contributed by atoms with van der Waals surface area (Å²) in [5.74, 6) is 1.40. The minimum Gasteiger partial charge on any atom is -0.493 e. The van der Waals surface area contributed by atoms with Crippen LogP contribution >= 0.6 is 0 Å². The van der Waals surface area contributed by atoms with E-state index in [-0.39, 0.29) is 18.1 Å². The molecule has 0 saturated carbocycles. The number of hydrogen-bond donors (Lipinski definition) is 2. The van der Waals surface area contributed by atoms with E-state index in [0.29, 0.717) is 39.9 Å². The molecule has 29 heavy (non-hydrogen) atoms. The Hall–Kier alpha value is -2.74. The Bertz CT molecular complexity index is 897. The van der Waals surface area contributed by atoms with Gasteiger partial charge in [-0.25, -0.2) is 4.79 Å². The summed E-state index contributed by atoms with van der Waals surface area (Å²) in [7, 11) is 4.38. The number of methoxy groups -OCH3 is 3. The summed E-state index contributed by atoms with van der Waals surface area (Å²) in [5.41, 5.74) is 1.21. The van der Waals surface area contributed by atoms with Gasteiger partial charge in [-0.1, -0.05) is 13.8 Å². The Kier molecular flexibility index (Phi) is 6.32. The largest absolute Gasteiger partial charge is 0.493 e. The standard InChI is InChI=1S/C21H29N3O5/c1-12-6-13(2)10-24(9-12)11-18(25)23-19-14-7-16(27-3)17(28-4)8-15(14)22-20(19)21(26)29-5/h7-8,12-13,22H,6,9-11H2,1-5H3,(H,23,25)/t12-,13+. The van der Waals surface area contributed by atoms with Gasteiger partial charge in [-0.05, 0) is 24.3 Å². The van der Waals surface area contributed by atoms with E-state index in [1.165, 1.54) is 27.8 Å². The molecule has 3 rings (SSSR count). The molecule has 1 saturated heterocycles. The number of carbonyl (C=O) groups is 2. The number of H-pyrrole nitrogens is 1. The molecule has 2 N–H and O–H groups in total. The fourth-order valence-electron chi connectivity index (χ4n) is 4.21. The minimum atomic E-state index is -0.561. The Morgan fingerprint density at radius 3 is 2.31 bits per heavy atom. The van der Waals surface area contributed by atoms with E-state index in [0.717, 1.165) is 13.1 Å². The van der Waals surface area contributed by atoms with Gasteiger partial charge in [0.2, 0.25) is 5.91 Å². The van der Waals surface area contributed by atoms with E-state index in [1.807, 2.05) is 0 Å². The molecular weight excluding hydrogens is 374 g/mol. The van der Waals surface area contributed by atoms with Crippen molar-refractivity contribution in [3.8, 4) is 11.5 Å². The van der Waals surface area contributed by atoms with Gasteiger partial charge >= 0.3 is 5.97 Å². The first-order valence-electron chi connectivity index (χ1n) is 9.74. The van der Waals surface area contributed by atoms with Crippen molar-refractivity contribution >= 4 is 28.5 Å². The van der Waals surface area contributed by atoms with Gasteiger partial charge in [0.25, 0.3) is 0 Å². The summed E-state index contributed by atoms with van der Waals surface area (Å²) in [4.78, 5) is 30.3. The molecule has 1 aliphatic rings. The number of nitrogens with zero attached hydrogens (tertiary/aromatic N) is 1. The average Bonchev–Trinajstić information content (AvgIpc) is 3.02. The lowest BCUT2D eigenvalue weighted by Crippen LogP contribution is -2.42. The van der Waals surface area contributed by atoms with Crippen LogP contribution in [-0.2, 0) is 9.53 Å². The maximum atomic E-state index is 12.8. The van der Waals surface area contributed by atoms with Crippen LogP contribution < -0.4 is 14.8 Å². The van der Waals surface area contributed by atoms with Gasteiger partial charge in [0.1, 0.15) is 5.69 Å². The summed E-state index contributed by atoms with van der Waals surface area (Å²) in [6, 6.07) is 3.46. The number of aromatic amines is 1. The lowest BCUT2D eigenvalue weighted by Gasteiger charge is -2.34. The molecule has 1 aromatic carbocycles. The SMILES string of the molecule is COC(=O)c1[nH]c2cc(OC)c(OC)cc2c1NC(=O)CN1C[C@H](C)C[C@H](C)C1. The van der Waals surface area contributed by atoms with Gasteiger partial charge in [-0.3, -0.25) is 9.69 Å². The van der Waals surface area contributed by atoms with Crippen LogP contribution in [-0.4, -0.2) is 62.7 Å². The number of carbonyl (C=O) groups excluding carboxylic acids is 2. The zero-order valence-corrected chi connectivity index (χ0v) is 17.6. The third-order valence-electron chi connectivity index (χ3n) is 5.27. The fraction of sp³-hybridized carbons (Fsp3) is 0.524. The number of likely N-dealkylation sites (tertiary alicyclic amines) is 1. The number of amides is 1. The van der Waals surface area contributed by atoms with Crippen molar-refractivity contribution in [2.45, 2.75) is 20.3 Å². The molecule has 2 atom stereocenters. The van der Waals surface area contributed by atoms with E-state index in [2.05, 4.69) is 29.0 Å². The highest BCUT2D eigenvalue weighted by Gasteiger charge is 2.26. The molecule has 8 heteroatoms. The second-order valence-electron chi connectivity index (χ2n) is 7.81. The molecule has 158 valence electrons. The third-order valence-corrected chi connectivity index (χ3v) is 5.27. The molecule has 2 aromatic rings. The summed E-state index contributed by atoms with van der Waals surface area (Å²) in [5, 5.41) is 3.56. The van der Waals surface area contributed by atoms with Crippen molar-refractivity contribution in [1.29, 1.82) is 0 Å². The molecule has 0 radical (unpaired) electrons. The van der Waals surface area contributed by atoms with Gasteiger partial charge in [0.15, 0.2) is 11.5 Å². The van der Waals surface area contributed by atoms with Crippen LogP contribution in [0.25, 0.3) is 10.9 Å². The first-order valence-corrected chi connectivity index (χ1v) is 9.74. The van der Waals surface area contributed by atoms with E-state index in [1.54, 1.807) is 12.1 Å². The quantitative estimate of drug-likeness (QED) is 0.721. The number of benzene rings is 1. The lowest BCUT2D eigenvalue weighted by atomic mass is 9.92. The molecule has 0 spiro atoms. The number of nitrogens with one attached hydrogen (secondary N) is 2. The van der Waals surface area contributed by atoms with Crippen LogP contribution in [0.5, 0.6) is 11.5 Å². The molecule has 0 bridgehead atoms.